The van der Waals surface area contributed by atoms with Gasteiger partial charge in [0.25, 0.3) is 0 Å². The lowest BCUT2D eigenvalue weighted by Gasteiger charge is -2.11. The van der Waals surface area contributed by atoms with E-state index in [2.05, 4.69) is 11.4 Å². The van der Waals surface area contributed by atoms with Crippen LogP contribution in [0.25, 0.3) is 0 Å². The van der Waals surface area contributed by atoms with E-state index in [9.17, 15) is 0 Å². The molecule has 3 nitrogen and oxygen atoms in total. The molecule has 20 heavy (non-hydrogen) atoms. The topological polar surface area (TPSA) is 45.0 Å². The maximum absolute atomic E-state index is 8.63. The van der Waals surface area contributed by atoms with Crippen LogP contribution in [0.1, 0.15) is 11.1 Å². The number of methoxy groups -OCH3 is 1. The molecule has 2 aromatic rings. The molecule has 0 aliphatic rings. The lowest BCUT2D eigenvalue weighted by atomic mass is 10.1. The van der Waals surface area contributed by atoms with Gasteiger partial charge in [0.2, 0.25) is 0 Å². The van der Waals surface area contributed by atoms with Crippen LogP contribution >= 0.6 is 11.6 Å². The molecular weight excluding hydrogens is 272 g/mol. The van der Waals surface area contributed by atoms with Crippen molar-refractivity contribution in [3.05, 3.63) is 58.6 Å². The monoisotopic (exact) mass is 286 g/mol. The van der Waals surface area contributed by atoms with Crippen molar-refractivity contribution in [1.82, 2.24) is 0 Å². The normalized spacial score (nSPS) is 9.85. The Labute approximate surface area is 123 Å². The van der Waals surface area contributed by atoms with E-state index in [0.717, 1.165) is 22.6 Å². The first-order valence-electron chi connectivity index (χ1n) is 6.25. The van der Waals surface area contributed by atoms with Gasteiger partial charge in [-0.2, -0.15) is 5.26 Å². The van der Waals surface area contributed by atoms with Crippen molar-refractivity contribution in [1.29, 1.82) is 5.26 Å². The smallest absolute Gasteiger partial charge is 0.123 e. The van der Waals surface area contributed by atoms with Gasteiger partial charge in [-0.25, -0.2) is 0 Å². The van der Waals surface area contributed by atoms with Gasteiger partial charge in [0.05, 0.1) is 19.6 Å². The Bertz CT molecular complexity index is 617. The van der Waals surface area contributed by atoms with Gasteiger partial charge in [-0.3, -0.25) is 0 Å². The molecule has 0 saturated carbocycles. The second-order valence-corrected chi connectivity index (χ2v) is 4.78. The molecule has 0 bridgehead atoms. The molecule has 0 spiro atoms. The van der Waals surface area contributed by atoms with E-state index in [0.29, 0.717) is 18.0 Å². The van der Waals surface area contributed by atoms with Crippen LogP contribution in [0, 0.1) is 11.3 Å². The number of hydrogen-bond donors (Lipinski definition) is 1. The van der Waals surface area contributed by atoms with Gasteiger partial charge in [-0.15, -0.1) is 0 Å². The molecule has 0 aromatic heterocycles. The van der Waals surface area contributed by atoms with Crippen LogP contribution in [0.4, 0.5) is 5.69 Å². The zero-order valence-corrected chi connectivity index (χ0v) is 11.9. The molecule has 0 aliphatic carbocycles. The summed E-state index contributed by atoms with van der Waals surface area (Å²) < 4.78 is 5.31. The molecule has 0 radical (unpaired) electrons. The molecule has 2 aromatic carbocycles. The highest BCUT2D eigenvalue weighted by Crippen LogP contribution is 2.23. The van der Waals surface area contributed by atoms with Crippen LogP contribution in [-0.4, -0.2) is 7.11 Å². The summed E-state index contributed by atoms with van der Waals surface area (Å²) in [7, 11) is 1.64. The summed E-state index contributed by atoms with van der Waals surface area (Å²) in [6.45, 7) is 0.626. The molecule has 0 atom stereocenters. The summed E-state index contributed by atoms with van der Waals surface area (Å²) in [5.74, 6) is 0.808. The van der Waals surface area contributed by atoms with Crippen molar-refractivity contribution in [2.24, 2.45) is 0 Å². The number of rotatable bonds is 5. The van der Waals surface area contributed by atoms with Crippen molar-refractivity contribution in [3.8, 4) is 11.8 Å². The second-order valence-electron chi connectivity index (χ2n) is 4.34. The third-order valence-corrected chi connectivity index (χ3v) is 3.20. The van der Waals surface area contributed by atoms with Gasteiger partial charge >= 0.3 is 0 Å². The number of halogens is 1. The SMILES string of the molecule is COc1ccc(Cl)cc1CNc1ccc(CC#N)cc1. The first kappa shape index (κ1) is 14.2. The van der Waals surface area contributed by atoms with Gasteiger partial charge in [0.15, 0.2) is 0 Å². The zero-order valence-electron chi connectivity index (χ0n) is 11.2. The molecule has 2 rings (SSSR count). The highest BCUT2D eigenvalue weighted by Gasteiger charge is 2.03. The molecule has 0 saturated heterocycles. The van der Waals surface area contributed by atoms with Gasteiger partial charge in [-0.05, 0) is 35.9 Å². The Hall–Kier alpha value is -2.18. The highest BCUT2D eigenvalue weighted by atomic mass is 35.5. The van der Waals surface area contributed by atoms with E-state index in [1.165, 1.54) is 0 Å². The quantitative estimate of drug-likeness (QED) is 0.903. The van der Waals surface area contributed by atoms with E-state index >= 15 is 0 Å². The third-order valence-electron chi connectivity index (χ3n) is 2.96. The van der Waals surface area contributed by atoms with Crippen LogP contribution < -0.4 is 10.1 Å². The summed E-state index contributed by atoms with van der Waals surface area (Å²) in [5.41, 5.74) is 3.01. The van der Waals surface area contributed by atoms with Gasteiger partial charge < -0.3 is 10.1 Å². The molecule has 102 valence electrons. The van der Waals surface area contributed by atoms with Gasteiger partial charge in [0.1, 0.15) is 5.75 Å². The second kappa shape index (κ2) is 6.83. The fourth-order valence-electron chi connectivity index (χ4n) is 1.91. The molecule has 1 N–H and O–H groups in total. The molecule has 0 heterocycles. The highest BCUT2D eigenvalue weighted by molar-refractivity contribution is 6.30. The maximum Gasteiger partial charge on any atom is 0.123 e. The van der Waals surface area contributed by atoms with E-state index in [1.807, 2.05) is 36.4 Å². The van der Waals surface area contributed by atoms with E-state index in [1.54, 1.807) is 13.2 Å². The molecule has 0 aliphatic heterocycles. The van der Waals surface area contributed by atoms with Crippen LogP contribution in [0.2, 0.25) is 5.02 Å². The first-order chi connectivity index (χ1) is 9.72. The summed E-state index contributed by atoms with van der Waals surface area (Å²) in [5, 5.41) is 12.6. The molecule has 4 heteroatoms. The number of benzene rings is 2. The van der Waals surface area contributed by atoms with Crippen molar-refractivity contribution in [2.45, 2.75) is 13.0 Å². The summed E-state index contributed by atoms with van der Waals surface area (Å²) >= 11 is 6.00. The van der Waals surface area contributed by atoms with Crippen molar-refractivity contribution >= 4 is 17.3 Å². The fourth-order valence-corrected chi connectivity index (χ4v) is 2.11. The maximum atomic E-state index is 8.63. The van der Waals surface area contributed by atoms with Gasteiger partial charge in [-0.1, -0.05) is 23.7 Å². The van der Waals surface area contributed by atoms with E-state index < -0.39 is 0 Å². The average molecular weight is 287 g/mol. The number of nitrogens with zero attached hydrogens (tertiary/aromatic N) is 1. The molecule has 0 amide bonds. The number of hydrogen-bond acceptors (Lipinski definition) is 3. The first-order valence-corrected chi connectivity index (χ1v) is 6.63. The largest absolute Gasteiger partial charge is 0.496 e. The Morgan fingerprint density at radius 1 is 1.20 bits per heavy atom. The van der Waals surface area contributed by atoms with Crippen molar-refractivity contribution < 1.29 is 4.74 Å². The van der Waals surface area contributed by atoms with Crippen molar-refractivity contribution in [2.75, 3.05) is 12.4 Å². The van der Waals surface area contributed by atoms with Crippen molar-refractivity contribution in [3.63, 3.8) is 0 Å². The number of anilines is 1. The molecule has 0 fully saturated rings. The molecule has 0 unspecified atom stereocenters. The lowest BCUT2D eigenvalue weighted by Crippen LogP contribution is -2.01. The predicted octanol–water partition coefficient (Wildman–Crippen LogP) is 4.03. The third kappa shape index (κ3) is 3.66. The number of nitriles is 1. The zero-order chi connectivity index (χ0) is 14.4. The van der Waals surface area contributed by atoms with E-state index in [4.69, 9.17) is 21.6 Å². The van der Waals surface area contributed by atoms with Crippen LogP contribution in [0.15, 0.2) is 42.5 Å². The average Bonchev–Trinajstić information content (AvgIpc) is 2.47. The standard InChI is InChI=1S/C16H15ClN2O/c1-20-16-7-4-14(17)10-13(16)11-19-15-5-2-12(3-6-15)8-9-18/h2-7,10,19H,8,11H2,1H3. The number of ether oxygens (including phenoxy) is 1. The Balaban J connectivity index is 2.05. The summed E-state index contributed by atoms with van der Waals surface area (Å²) in [6.07, 6.45) is 0.433. The fraction of sp³-hybridized carbons (Fsp3) is 0.188. The van der Waals surface area contributed by atoms with Gasteiger partial charge in [0, 0.05) is 22.8 Å². The van der Waals surface area contributed by atoms with E-state index in [-0.39, 0.29) is 0 Å². The Kier molecular flexibility index (Phi) is 4.86. The minimum atomic E-state index is 0.433. The lowest BCUT2D eigenvalue weighted by molar-refractivity contribution is 0.410. The minimum absolute atomic E-state index is 0.433. The van der Waals surface area contributed by atoms with Crippen LogP contribution in [-0.2, 0) is 13.0 Å². The predicted molar refractivity (Wildman–Crippen MR) is 81.1 cm³/mol. The minimum Gasteiger partial charge on any atom is -0.496 e. The number of nitrogens with one attached hydrogen (secondary N) is 1. The summed E-state index contributed by atoms with van der Waals surface area (Å²) in [6, 6.07) is 15.5. The van der Waals surface area contributed by atoms with Crippen LogP contribution in [0.3, 0.4) is 0 Å². The van der Waals surface area contributed by atoms with Crippen LogP contribution in [0.5, 0.6) is 5.75 Å². The molecular formula is C16H15ClN2O. The Morgan fingerprint density at radius 3 is 2.60 bits per heavy atom. The summed E-state index contributed by atoms with van der Waals surface area (Å²) in [4.78, 5) is 0. The Morgan fingerprint density at radius 2 is 1.95 bits per heavy atom.